The van der Waals surface area contributed by atoms with Crippen LogP contribution in [0, 0.1) is 0 Å². The molecular formula is C13H12Br2FNO2. The van der Waals surface area contributed by atoms with Crippen molar-refractivity contribution in [1.29, 1.82) is 0 Å². The molecule has 1 heterocycles. The molecule has 0 aliphatic heterocycles. The van der Waals surface area contributed by atoms with Crippen LogP contribution in [0.25, 0.3) is 11.3 Å². The fourth-order valence-electron chi connectivity index (χ4n) is 1.87. The maximum absolute atomic E-state index is 13.6. The lowest BCUT2D eigenvalue weighted by atomic mass is 9.99. The Balaban J connectivity index is 2.47. The zero-order valence-corrected chi connectivity index (χ0v) is 13.5. The van der Waals surface area contributed by atoms with Crippen LogP contribution in [0.15, 0.2) is 33.6 Å². The van der Waals surface area contributed by atoms with Gasteiger partial charge in [0, 0.05) is 11.1 Å². The fourth-order valence-corrected chi connectivity index (χ4v) is 2.40. The molecule has 0 amide bonds. The van der Waals surface area contributed by atoms with E-state index in [1.165, 1.54) is 0 Å². The van der Waals surface area contributed by atoms with Gasteiger partial charge in [0.1, 0.15) is 0 Å². The maximum Gasteiger partial charge on any atom is 0.361 e. The van der Waals surface area contributed by atoms with E-state index in [0.717, 1.165) is 5.56 Å². The van der Waals surface area contributed by atoms with Crippen molar-refractivity contribution >= 4 is 31.9 Å². The van der Waals surface area contributed by atoms with Gasteiger partial charge in [-0.15, -0.1) is 0 Å². The second-order valence-corrected chi connectivity index (χ2v) is 7.76. The van der Waals surface area contributed by atoms with E-state index in [4.69, 9.17) is 4.52 Å². The average Bonchev–Trinajstić information content (AvgIpc) is 2.70. The van der Waals surface area contributed by atoms with Gasteiger partial charge in [-0.2, -0.15) is 0 Å². The molecule has 0 saturated heterocycles. The van der Waals surface area contributed by atoms with Crippen molar-refractivity contribution in [3.63, 3.8) is 0 Å². The Hall–Kier alpha value is -0.880. The number of H-pyrrole nitrogens is 1. The number of hydrogen-bond acceptors (Lipinski definition) is 2. The molecule has 0 fully saturated rings. The quantitative estimate of drug-likeness (QED) is 0.774. The van der Waals surface area contributed by atoms with Crippen LogP contribution in [0.4, 0.5) is 4.39 Å². The highest BCUT2D eigenvalue weighted by Crippen LogP contribution is 2.40. The van der Waals surface area contributed by atoms with Crippen molar-refractivity contribution in [3.05, 3.63) is 45.8 Å². The fraction of sp³-hybridized carbons (Fsp3) is 0.308. The summed E-state index contributed by atoms with van der Waals surface area (Å²) in [4.78, 5) is 11.6. The van der Waals surface area contributed by atoms with Crippen molar-refractivity contribution < 1.29 is 8.91 Å². The number of aromatic nitrogens is 1. The molecule has 0 bridgehead atoms. The third-order valence-electron chi connectivity index (χ3n) is 2.81. The predicted molar refractivity (Wildman–Crippen MR) is 79.5 cm³/mol. The van der Waals surface area contributed by atoms with Crippen LogP contribution in [0.2, 0.25) is 0 Å². The Labute approximate surface area is 126 Å². The number of alkyl halides is 3. The lowest BCUT2D eigenvalue weighted by Crippen LogP contribution is -2.04. The van der Waals surface area contributed by atoms with Gasteiger partial charge in [-0.05, 0) is 37.8 Å². The molecule has 102 valence electrons. The molecule has 0 atom stereocenters. The van der Waals surface area contributed by atoms with Crippen molar-refractivity contribution in [2.75, 3.05) is 0 Å². The lowest BCUT2D eigenvalue weighted by Gasteiger charge is -2.11. The van der Waals surface area contributed by atoms with Gasteiger partial charge in [0.15, 0.2) is 0 Å². The standard InChI is InChI=1S/C13H12Br2FNO2/c1-7(2)10-11(17-19-12(10)18)8-3-5-9(6-4-8)13(14,15)16/h3-7,17H,1-2H3. The van der Waals surface area contributed by atoms with Crippen LogP contribution in [0.5, 0.6) is 0 Å². The molecular weight excluding hydrogens is 381 g/mol. The van der Waals surface area contributed by atoms with Crippen LogP contribution < -0.4 is 5.63 Å². The van der Waals surface area contributed by atoms with Gasteiger partial charge >= 0.3 is 5.63 Å². The molecule has 3 nitrogen and oxygen atoms in total. The van der Waals surface area contributed by atoms with Crippen LogP contribution >= 0.6 is 31.9 Å². The molecule has 0 aliphatic carbocycles. The minimum Gasteiger partial charge on any atom is -0.338 e. The summed E-state index contributed by atoms with van der Waals surface area (Å²) >= 11 is 5.77. The molecule has 1 aromatic heterocycles. The molecule has 6 heteroatoms. The summed E-state index contributed by atoms with van der Waals surface area (Å²) in [5.74, 6) is 0.0461. The van der Waals surface area contributed by atoms with E-state index in [1.807, 2.05) is 13.8 Å². The van der Waals surface area contributed by atoms with E-state index in [9.17, 15) is 9.18 Å². The summed E-state index contributed by atoms with van der Waals surface area (Å²) in [5.41, 5.74) is 2.09. The Morgan fingerprint density at radius 3 is 2.32 bits per heavy atom. The van der Waals surface area contributed by atoms with E-state index in [0.29, 0.717) is 16.8 Å². The van der Waals surface area contributed by atoms with Gasteiger partial charge in [-0.1, -0.05) is 38.1 Å². The number of aromatic amines is 1. The average molecular weight is 393 g/mol. The first-order valence-electron chi connectivity index (χ1n) is 5.69. The van der Waals surface area contributed by atoms with Gasteiger partial charge in [0.2, 0.25) is 3.49 Å². The molecule has 0 saturated carbocycles. The van der Waals surface area contributed by atoms with E-state index in [-0.39, 0.29) is 11.5 Å². The largest absolute Gasteiger partial charge is 0.361 e. The SMILES string of the molecule is CC(C)c1c(-c2ccc(C(F)(Br)Br)cc2)[nH]oc1=O. The first-order valence-corrected chi connectivity index (χ1v) is 7.28. The van der Waals surface area contributed by atoms with Gasteiger partial charge in [-0.25, -0.2) is 14.3 Å². The highest BCUT2D eigenvalue weighted by Gasteiger charge is 2.24. The molecule has 1 N–H and O–H groups in total. The Kier molecular flexibility index (Phi) is 4.01. The number of hydrogen-bond donors (Lipinski definition) is 1. The lowest BCUT2D eigenvalue weighted by molar-refractivity contribution is 0.391. The number of nitrogens with one attached hydrogen (secondary N) is 1. The molecule has 2 rings (SSSR count). The summed E-state index contributed by atoms with van der Waals surface area (Å²) in [5, 5.41) is 2.63. The van der Waals surface area contributed by atoms with Crippen molar-refractivity contribution in [2.24, 2.45) is 0 Å². The first kappa shape index (κ1) is 14.5. The topological polar surface area (TPSA) is 46.0 Å². The van der Waals surface area contributed by atoms with Crippen LogP contribution in [0.3, 0.4) is 0 Å². The van der Waals surface area contributed by atoms with E-state index < -0.39 is 3.49 Å². The molecule has 0 spiro atoms. The van der Waals surface area contributed by atoms with E-state index in [2.05, 4.69) is 37.0 Å². The molecule has 0 radical (unpaired) electrons. The predicted octanol–water partition coefficient (Wildman–Crippen LogP) is 4.63. The Bertz CT molecular complexity index is 623. The van der Waals surface area contributed by atoms with Crippen molar-refractivity contribution in [1.82, 2.24) is 5.16 Å². The molecule has 0 aliphatic rings. The normalized spacial score (nSPS) is 12.1. The summed E-state index contributed by atoms with van der Waals surface area (Å²) < 4.78 is 16.7. The Morgan fingerprint density at radius 1 is 1.26 bits per heavy atom. The highest BCUT2D eigenvalue weighted by molar-refractivity contribution is 9.24. The Morgan fingerprint density at radius 2 is 1.84 bits per heavy atom. The third-order valence-corrected chi connectivity index (χ3v) is 3.73. The van der Waals surface area contributed by atoms with Crippen LogP contribution in [0.1, 0.15) is 30.9 Å². The van der Waals surface area contributed by atoms with Gasteiger partial charge < -0.3 is 4.52 Å². The summed E-state index contributed by atoms with van der Waals surface area (Å²) in [6.07, 6.45) is 0. The van der Waals surface area contributed by atoms with E-state index in [1.54, 1.807) is 24.3 Å². The third kappa shape index (κ3) is 3.00. The minimum atomic E-state index is -1.75. The number of benzene rings is 1. The number of rotatable bonds is 3. The molecule has 2 aromatic rings. The van der Waals surface area contributed by atoms with Crippen molar-refractivity contribution in [3.8, 4) is 11.3 Å². The van der Waals surface area contributed by atoms with Crippen molar-refractivity contribution in [2.45, 2.75) is 23.3 Å². The second-order valence-electron chi connectivity index (χ2n) is 4.51. The zero-order chi connectivity index (χ0) is 14.2. The minimum absolute atomic E-state index is 0.0461. The second kappa shape index (κ2) is 5.25. The summed E-state index contributed by atoms with van der Waals surface area (Å²) in [7, 11) is 0. The highest BCUT2D eigenvalue weighted by atomic mass is 79.9. The first-order chi connectivity index (χ1) is 8.80. The smallest absolute Gasteiger partial charge is 0.338 e. The maximum atomic E-state index is 13.6. The molecule has 0 unspecified atom stereocenters. The van der Waals surface area contributed by atoms with Crippen LogP contribution in [-0.4, -0.2) is 5.16 Å². The van der Waals surface area contributed by atoms with Gasteiger partial charge in [0.25, 0.3) is 0 Å². The summed E-state index contributed by atoms with van der Waals surface area (Å²) in [6, 6.07) is 6.74. The number of halogens is 3. The van der Waals surface area contributed by atoms with Gasteiger partial charge in [-0.3, -0.25) is 0 Å². The summed E-state index contributed by atoms with van der Waals surface area (Å²) in [6.45, 7) is 3.84. The molecule has 19 heavy (non-hydrogen) atoms. The van der Waals surface area contributed by atoms with Crippen LogP contribution in [-0.2, 0) is 3.49 Å². The molecule has 1 aromatic carbocycles. The zero-order valence-electron chi connectivity index (χ0n) is 10.3. The van der Waals surface area contributed by atoms with Gasteiger partial charge in [0.05, 0.1) is 11.3 Å². The van der Waals surface area contributed by atoms with E-state index >= 15 is 0 Å². The monoisotopic (exact) mass is 391 g/mol.